The summed E-state index contributed by atoms with van der Waals surface area (Å²) in [4.78, 5) is 31.7. The minimum absolute atomic E-state index is 0.0122. The van der Waals surface area contributed by atoms with E-state index in [1.54, 1.807) is 30.8 Å². The molecule has 2 rings (SSSR count). The molecule has 0 bridgehead atoms. The summed E-state index contributed by atoms with van der Waals surface area (Å²) in [6, 6.07) is -0.101. The summed E-state index contributed by atoms with van der Waals surface area (Å²) in [5, 5.41) is 6.65. The number of rotatable bonds is 7. The van der Waals surface area contributed by atoms with Gasteiger partial charge in [-0.3, -0.25) is 4.79 Å². The van der Waals surface area contributed by atoms with Crippen molar-refractivity contribution >= 4 is 11.9 Å². The van der Waals surface area contributed by atoms with Crippen LogP contribution in [0.25, 0.3) is 0 Å². The van der Waals surface area contributed by atoms with Crippen LogP contribution < -0.4 is 5.32 Å². The molecule has 1 atom stereocenters. The van der Waals surface area contributed by atoms with Gasteiger partial charge in [-0.2, -0.15) is 4.98 Å². The van der Waals surface area contributed by atoms with Crippen molar-refractivity contribution in [1.82, 2.24) is 25.3 Å². The topological polar surface area (TPSA) is 101 Å². The van der Waals surface area contributed by atoms with Crippen molar-refractivity contribution in [3.8, 4) is 0 Å². The number of nitrogens with one attached hydrogen (secondary N) is 1. The third kappa shape index (κ3) is 4.92. The van der Waals surface area contributed by atoms with E-state index in [-0.39, 0.29) is 18.0 Å². The molecule has 0 aromatic carbocycles. The van der Waals surface area contributed by atoms with Crippen molar-refractivity contribution < 1.29 is 18.8 Å². The Morgan fingerprint density at radius 1 is 1.50 bits per heavy atom. The number of carbonyl (C=O) groups is 2. The lowest BCUT2D eigenvalue weighted by atomic mass is 10.2. The molecular weight excluding hydrogens is 314 g/mol. The lowest BCUT2D eigenvalue weighted by Gasteiger charge is -2.27. The maximum atomic E-state index is 12.1. The number of ether oxygens (including phenoxy) is 1. The van der Waals surface area contributed by atoms with Crippen LogP contribution in [0.5, 0.6) is 0 Å². The van der Waals surface area contributed by atoms with Crippen LogP contribution in [-0.2, 0) is 16.0 Å². The van der Waals surface area contributed by atoms with E-state index in [0.29, 0.717) is 50.9 Å². The van der Waals surface area contributed by atoms with E-state index in [9.17, 15) is 9.59 Å². The number of aryl methyl sites for hydroxylation is 1. The molecule has 1 aliphatic rings. The minimum Gasteiger partial charge on any atom is -0.383 e. The first-order chi connectivity index (χ1) is 11.5. The first-order valence-electron chi connectivity index (χ1n) is 8.09. The Morgan fingerprint density at radius 2 is 2.29 bits per heavy atom. The second-order valence-electron chi connectivity index (χ2n) is 5.81. The first kappa shape index (κ1) is 18.2. The van der Waals surface area contributed by atoms with Crippen LogP contribution in [0.15, 0.2) is 4.52 Å². The summed E-state index contributed by atoms with van der Waals surface area (Å²) in [6.07, 6.45) is 1.30. The molecule has 134 valence electrons. The molecule has 1 aromatic rings. The smallest absolute Gasteiger partial charge is 0.317 e. The van der Waals surface area contributed by atoms with E-state index < -0.39 is 0 Å². The summed E-state index contributed by atoms with van der Waals surface area (Å²) in [6.45, 7) is 5.91. The van der Waals surface area contributed by atoms with Gasteiger partial charge in [0.25, 0.3) is 0 Å². The van der Waals surface area contributed by atoms with Crippen LogP contribution in [0.1, 0.15) is 25.1 Å². The molecule has 1 fully saturated rings. The van der Waals surface area contributed by atoms with E-state index >= 15 is 0 Å². The van der Waals surface area contributed by atoms with Gasteiger partial charge in [-0.15, -0.1) is 0 Å². The van der Waals surface area contributed by atoms with Gasteiger partial charge >= 0.3 is 6.03 Å². The Balaban J connectivity index is 1.85. The Labute approximate surface area is 141 Å². The predicted molar refractivity (Wildman–Crippen MR) is 85.4 cm³/mol. The summed E-state index contributed by atoms with van der Waals surface area (Å²) < 4.78 is 9.86. The number of amides is 3. The summed E-state index contributed by atoms with van der Waals surface area (Å²) in [5.41, 5.74) is 0. The number of nitrogens with zero attached hydrogens (tertiary/aromatic N) is 4. The molecule has 3 amide bonds. The van der Waals surface area contributed by atoms with E-state index in [4.69, 9.17) is 9.26 Å². The normalized spacial score (nSPS) is 17.1. The molecule has 1 saturated heterocycles. The largest absolute Gasteiger partial charge is 0.383 e. The molecule has 2 heterocycles. The molecule has 1 aromatic heterocycles. The highest BCUT2D eigenvalue weighted by atomic mass is 16.5. The number of carbonyl (C=O) groups excluding carboxylic acids is 2. The van der Waals surface area contributed by atoms with Gasteiger partial charge in [0.15, 0.2) is 5.82 Å². The highest BCUT2D eigenvalue weighted by Gasteiger charge is 2.31. The fraction of sp³-hybridized carbons (Fsp3) is 0.733. The Morgan fingerprint density at radius 3 is 2.92 bits per heavy atom. The monoisotopic (exact) mass is 339 g/mol. The second kappa shape index (κ2) is 8.62. The minimum atomic E-state index is -0.119. The highest BCUT2D eigenvalue weighted by Crippen LogP contribution is 2.16. The summed E-state index contributed by atoms with van der Waals surface area (Å²) >= 11 is 0. The van der Waals surface area contributed by atoms with Crippen LogP contribution in [0.3, 0.4) is 0 Å². The zero-order valence-electron chi connectivity index (χ0n) is 14.4. The van der Waals surface area contributed by atoms with Crippen molar-refractivity contribution in [2.75, 3.05) is 39.9 Å². The molecule has 0 aliphatic carbocycles. The zero-order valence-corrected chi connectivity index (χ0v) is 14.4. The molecule has 0 radical (unpaired) electrons. The zero-order chi connectivity index (χ0) is 17.5. The lowest BCUT2D eigenvalue weighted by Crippen LogP contribution is -2.45. The Hall–Kier alpha value is -2.16. The number of aromatic nitrogens is 2. The molecule has 1 aliphatic heterocycles. The van der Waals surface area contributed by atoms with Crippen molar-refractivity contribution in [3.05, 3.63) is 11.7 Å². The van der Waals surface area contributed by atoms with Crippen LogP contribution >= 0.6 is 0 Å². The van der Waals surface area contributed by atoms with Crippen molar-refractivity contribution in [2.45, 2.75) is 32.7 Å². The molecular formula is C15H25N5O4. The Kier molecular flexibility index (Phi) is 6.53. The molecule has 1 unspecified atom stereocenters. The molecule has 9 nitrogen and oxygen atoms in total. The molecule has 0 saturated carbocycles. The van der Waals surface area contributed by atoms with Gasteiger partial charge in [0.2, 0.25) is 11.8 Å². The molecule has 24 heavy (non-hydrogen) atoms. The van der Waals surface area contributed by atoms with Crippen molar-refractivity contribution in [1.29, 1.82) is 0 Å². The second-order valence-corrected chi connectivity index (χ2v) is 5.81. The summed E-state index contributed by atoms with van der Waals surface area (Å²) in [7, 11) is 1.59. The average molecular weight is 339 g/mol. The van der Waals surface area contributed by atoms with Gasteiger partial charge < -0.3 is 24.4 Å². The quantitative estimate of drug-likeness (QED) is 0.712. The standard InChI is InChI=1S/C15H25N5O4/c1-11-17-14(18-24-11)5-8-20(12(2)21)13-4-7-19(10-13)15(22)16-6-9-23-3/h13H,4-10H2,1-3H3,(H,16,22). The first-order valence-corrected chi connectivity index (χ1v) is 8.09. The van der Waals surface area contributed by atoms with Gasteiger partial charge in [-0.05, 0) is 6.42 Å². The third-order valence-corrected chi connectivity index (χ3v) is 4.02. The number of likely N-dealkylation sites (tertiary alicyclic amines) is 1. The highest BCUT2D eigenvalue weighted by molar-refractivity contribution is 5.76. The maximum Gasteiger partial charge on any atom is 0.317 e. The van der Waals surface area contributed by atoms with Gasteiger partial charge in [-0.1, -0.05) is 5.16 Å². The summed E-state index contributed by atoms with van der Waals surface area (Å²) in [5.74, 6) is 1.09. The molecule has 1 N–H and O–H groups in total. The van der Waals surface area contributed by atoms with Crippen LogP contribution in [-0.4, -0.2) is 77.8 Å². The van der Waals surface area contributed by atoms with Gasteiger partial charge in [-0.25, -0.2) is 4.79 Å². The Bertz CT molecular complexity index is 562. The van der Waals surface area contributed by atoms with Gasteiger partial charge in [0, 0.05) is 53.6 Å². The maximum absolute atomic E-state index is 12.1. The van der Waals surface area contributed by atoms with Crippen LogP contribution in [0.2, 0.25) is 0 Å². The van der Waals surface area contributed by atoms with E-state index in [1.807, 2.05) is 0 Å². The van der Waals surface area contributed by atoms with E-state index in [0.717, 1.165) is 6.42 Å². The van der Waals surface area contributed by atoms with Crippen molar-refractivity contribution in [2.24, 2.45) is 0 Å². The van der Waals surface area contributed by atoms with Crippen LogP contribution in [0.4, 0.5) is 4.79 Å². The number of urea groups is 1. The fourth-order valence-corrected chi connectivity index (χ4v) is 2.81. The molecule has 9 heteroatoms. The average Bonchev–Trinajstić information content (AvgIpc) is 3.17. The van der Waals surface area contributed by atoms with E-state index in [1.165, 1.54) is 0 Å². The lowest BCUT2D eigenvalue weighted by molar-refractivity contribution is -0.130. The molecule has 0 spiro atoms. The van der Waals surface area contributed by atoms with Gasteiger partial charge in [0.1, 0.15) is 0 Å². The fourth-order valence-electron chi connectivity index (χ4n) is 2.81. The number of methoxy groups -OCH3 is 1. The number of hydrogen-bond donors (Lipinski definition) is 1. The van der Waals surface area contributed by atoms with E-state index in [2.05, 4.69) is 15.5 Å². The third-order valence-electron chi connectivity index (χ3n) is 4.02. The van der Waals surface area contributed by atoms with Crippen LogP contribution in [0, 0.1) is 6.92 Å². The van der Waals surface area contributed by atoms with Crippen molar-refractivity contribution in [3.63, 3.8) is 0 Å². The number of hydrogen-bond acceptors (Lipinski definition) is 6. The van der Waals surface area contributed by atoms with Gasteiger partial charge in [0.05, 0.1) is 12.6 Å². The predicted octanol–water partition coefficient (Wildman–Crippen LogP) is 0.199. The SMILES string of the molecule is COCCNC(=O)N1CCC(N(CCc2noc(C)n2)C(C)=O)C1.